The number of benzene rings is 1. The van der Waals surface area contributed by atoms with Gasteiger partial charge in [-0.1, -0.05) is 0 Å². The Balaban J connectivity index is 3.26. The molecule has 0 aliphatic heterocycles. The zero-order valence-electron chi connectivity index (χ0n) is 9.43. The van der Waals surface area contributed by atoms with Gasteiger partial charge >= 0.3 is 11.9 Å². The summed E-state index contributed by atoms with van der Waals surface area (Å²) >= 11 is 0. The summed E-state index contributed by atoms with van der Waals surface area (Å²) in [4.78, 5) is 21.7. The van der Waals surface area contributed by atoms with E-state index in [0.717, 1.165) is 0 Å². The maximum Gasteiger partial charge on any atom is 0.323 e. The third-order valence-electron chi connectivity index (χ3n) is 2.11. The van der Waals surface area contributed by atoms with Crippen molar-refractivity contribution in [3.05, 3.63) is 29.3 Å². The highest BCUT2D eigenvalue weighted by molar-refractivity contribution is 5.79. The van der Waals surface area contributed by atoms with Crippen LogP contribution < -0.4 is 4.90 Å². The molecule has 0 saturated carbocycles. The number of carboxylic acid groups (broad SMARTS) is 2. The van der Waals surface area contributed by atoms with Crippen LogP contribution in [0.1, 0.15) is 5.56 Å². The maximum absolute atomic E-state index is 13.6. The number of nitrogens with zero attached hydrogens (tertiary/aromatic N) is 2. The zero-order chi connectivity index (χ0) is 14.6. The van der Waals surface area contributed by atoms with Crippen LogP contribution in [0.3, 0.4) is 0 Å². The van der Waals surface area contributed by atoms with Gasteiger partial charge in [0.1, 0.15) is 18.8 Å². The lowest BCUT2D eigenvalue weighted by molar-refractivity contribution is -0.136. The molecule has 6 nitrogen and oxygen atoms in total. The number of hydrogen-bond acceptors (Lipinski definition) is 4. The first-order valence-electron chi connectivity index (χ1n) is 4.92. The molecular formula is C11H8F2N2O4. The van der Waals surface area contributed by atoms with Crippen molar-refractivity contribution >= 4 is 17.6 Å². The summed E-state index contributed by atoms with van der Waals surface area (Å²) in [6.45, 7) is -1.77. The molecular weight excluding hydrogens is 262 g/mol. The van der Waals surface area contributed by atoms with Crippen LogP contribution in [0, 0.1) is 23.0 Å². The molecule has 100 valence electrons. The smallest absolute Gasteiger partial charge is 0.323 e. The van der Waals surface area contributed by atoms with Gasteiger partial charge in [-0.05, 0) is 12.1 Å². The molecule has 0 aliphatic rings. The normalized spacial score (nSPS) is 9.74. The number of aliphatic carboxylic acids is 2. The van der Waals surface area contributed by atoms with Gasteiger partial charge in [-0.3, -0.25) is 9.59 Å². The number of nitriles is 1. The van der Waals surface area contributed by atoms with E-state index < -0.39 is 42.3 Å². The first kappa shape index (κ1) is 14.4. The van der Waals surface area contributed by atoms with Gasteiger partial charge in [0.05, 0.1) is 11.6 Å². The predicted octanol–water partition coefficient (Wildman–Crippen LogP) is 0.812. The summed E-state index contributed by atoms with van der Waals surface area (Å²) < 4.78 is 27.3. The Labute approximate surface area is 106 Å². The van der Waals surface area contributed by atoms with E-state index in [1.54, 1.807) is 0 Å². The minimum atomic E-state index is -1.44. The van der Waals surface area contributed by atoms with Crippen LogP contribution >= 0.6 is 0 Å². The van der Waals surface area contributed by atoms with Gasteiger partial charge < -0.3 is 15.1 Å². The Bertz CT molecular complexity index is 529. The number of carbonyl (C=O) groups is 2. The molecule has 1 aromatic rings. The molecule has 0 spiro atoms. The summed E-state index contributed by atoms with van der Waals surface area (Å²) in [6, 6.07) is 2.93. The fourth-order valence-electron chi connectivity index (χ4n) is 1.47. The molecule has 0 amide bonds. The Morgan fingerprint density at radius 3 is 1.89 bits per heavy atom. The lowest BCUT2D eigenvalue weighted by Crippen LogP contribution is -2.35. The van der Waals surface area contributed by atoms with Crippen molar-refractivity contribution in [1.82, 2.24) is 0 Å². The highest BCUT2D eigenvalue weighted by Gasteiger charge is 2.22. The van der Waals surface area contributed by atoms with Crippen molar-refractivity contribution in [1.29, 1.82) is 5.26 Å². The van der Waals surface area contributed by atoms with Gasteiger partial charge in [-0.25, -0.2) is 8.78 Å². The molecule has 0 aromatic heterocycles. The third-order valence-corrected chi connectivity index (χ3v) is 2.11. The predicted molar refractivity (Wildman–Crippen MR) is 58.6 cm³/mol. The molecule has 1 aromatic carbocycles. The minimum absolute atomic E-state index is 0.288. The van der Waals surface area contributed by atoms with Crippen molar-refractivity contribution in [2.24, 2.45) is 0 Å². The van der Waals surface area contributed by atoms with Gasteiger partial charge in [0.2, 0.25) is 0 Å². The molecule has 0 aliphatic carbocycles. The molecule has 0 radical (unpaired) electrons. The molecule has 0 atom stereocenters. The second-order valence-corrected chi connectivity index (χ2v) is 3.54. The molecule has 0 fully saturated rings. The fraction of sp³-hybridized carbons (Fsp3) is 0.182. The minimum Gasteiger partial charge on any atom is -0.480 e. The molecule has 2 N–H and O–H groups in total. The van der Waals surface area contributed by atoms with E-state index in [4.69, 9.17) is 15.5 Å². The molecule has 0 bridgehead atoms. The number of carboxylic acids is 2. The van der Waals surface area contributed by atoms with Gasteiger partial charge in [0, 0.05) is 0 Å². The highest BCUT2D eigenvalue weighted by atomic mass is 19.1. The summed E-state index contributed by atoms with van der Waals surface area (Å²) in [6.07, 6.45) is 0. The third kappa shape index (κ3) is 3.64. The summed E-state index contributed by atoms with van der Waals surface area (Å²) in [7, 11) is 0. The molecule has 1 rings (SSSR count). The van der Waals surface area contributed by atoms with Gasteiger partial charge in [0.25, 0.3) is 0 Å². The molecule has 0 heterocycles. The fourth-order valence-corrected chi connectivity index (χ4v) is 1.47. The molecule has 19 heavy (non-hydrogen) atoms. The van der Waals surface area contributed by atoms with E-state index in [-0.39, 0.29) is 5.56 Å². The van der Waals surface area contributed by atoms with Crippen LogP contribution in [0.2, 0.25) is 0 Å². The van der Waals surface area contributed by atoms with Crippen LogP contribution in [0.15, 0.2) is 12.1 Å². The van der Waals surface area contributed by atoms with E-state index in [2.05, 4.69) is 0 Å². The zero-order valence-corrected chi connectivity index (χ0v) is 9.43. The summed E-state index contributed by atoms with van der Waals surface area (Å²) in [5.74, 6) is -5.27. The van der Waals surface area contributed by atoms with E-state index in [1.807, 2.05) is 0 Å². The number of halogens is 2. The van der Waals surface area contributed by atoms with Crippen LogP contribution in [-0.2, 0) is 9.59 Å². The first-order chi connectivity index (χ1) is 8.85. The maximum atomic E-state index is 13.6. The molecule has 8 heteroatoms. The van der Waals surface area contributed by atoms with Crippen molar-refractivity contribution in [3.8, 4) is 6.07 Å². The summed E-state index contributed by atoms with van der Waals surface area (Å²) in [5, 5.41) is 25.7. The Hall–Kier alpha value is -2.69. The Kier molecular flexibility index (Phi) is 4.36. The first-order valence-corrected chi connectivity index (χ1v) is 4.92. The number of anilines is 1. The van der Waals surface area contributed by atoms with Gasteiger partial charge in [0.15, 0.2) is 11.6 Å². The van der Waals surface area contributed by atoms with Crippen molar-refractivity contribution in [3.63, 3.8) is 0 Å². The van der Waals surface area contributed by atoms with Crippen LogP contribution in [0.5, 0.6) is 0 Å². The van der Waals surface area contributed by atoms with E-state index in [9.17, 15) is 18.4 Å². The second-order valence-electron chi connectivity index (χ2n) is 3.54. The average Bonchev–Trinajstić information content (AvgIpc) is 2.25. The summed E-state index contributed by atoms with van der Waals surface area (Å²) in [5.41, 5.74) is -1.08. The van der Waals surface area contributed by atoms with Crippen molar-refractivity contribution in [2.75, 3.05) is 18.0 Å². The number of rotatable bonds is 5. The average molecular weight is 270 g/mol. The van der Waals surface area contributed by atoms with E-state index in [1.165, 1.54) is 6.07 Å². The Morgan fingerprint density at radius 1 is 1.16 bits per heavy atom. The Morgan fingerprint density at radius 2 is 1.58 bits per heavy atom. The van der Waals surface area contributed by atoms with E-state index >= 15 is 0 Å². The van der Waals surface area contributed by atoms with E-state index in [0.29, 0.717) is 17.0 Å². The topological polar surface area (TPSA) is 102 Å². The molecule has 0 unspecified atom stereocenters. The lowest BCUT2D eigenvalue weighted by atomic mass is 10.2. The van der Waals surface area contributed by atoms with Crippen molar-refractivity contribution in [2.45, 2.75) is 0 Å². The van der Waals surface area contributed by atoms with Crippen LogP contribution in [0.25, 0.3) is 0 Å². The van der Waals surface area contributed by atoms with Crippen LogP contribution in [-0.4, -0.2) is 35.2 Å². The largest absolute Gasteiger partial charge is 0.480 e. The quantitative estimate of drug-likeness (QED) is 0.821. The molecule has 0 saturated heterocycles. The number of hydrogen-bond donors (Lipinski definition) is 2. The van der Waals surface area contributed by atoms with Gasteiger partial charge in [-0.15, -0.1) is 0 Å². The SMILES string of the molecule is N#Cc1cc(F)c(N(CC(=O)O)CC(=O)O)c(F)c1. The monoisotopic (exact) mass is 270 g/mol. The second kappa shape index (κ2) is 5.77. The van der Waals surface area contributed by atoms with Gasteiger partial charge in [-0.2, -0.15) is 5.26 Å². The van der Waals surface area contributed by atoms with Crippen LogP contribution in [0.4, 0.5) is 14.5 Å². The standard InChI is InChI=1S/C11H8F2N2O4/c12-7-1-6(3-14)2-8(13)11(7)15(4-9(16)17)5-10(18)19/h1-2H,4-5H2,(H,16,17)(H,18,19). The highest BCUT2D eigenvalue weighted by Crippen LogP contribution is 2.24. The van der Waals surface area contributed by atoms with Crippen molar-refractivity contribution < 1.29 is 28.6 Å². The lowest BCUT2D eigenvalue weighted by Gasteiger charge is -2.21.